The van der Waals surface area contributed by atoms with Crippen LogP contribution in [-0.2, 0) is 6.54 Å². The van der Waals surface area contributed by atoms with E-state index in [1.54, 1.807) is 30.5 Å². The maximum Gasteiger partial charge on any atom is 0.323 e. The molecule has 0 saturated carbocycles. The first kappa shape index (κ1) is 18.2. The van der Waals surface area contributed by atoms with Gasteiger partial charge in [0.2, 0.25) is 11.9 Å². The fraction of sp³-hybridized carbons (Fsp3) is 0.167. The molecule has 0 fully saturated rings. The van der Waals surface area contributed by atoms with Crippen molar-refractivity contribution in [2.45, 2.75) is 13.5 Å². The second-order valence-electron chi connectivity index (χ2n) is 5.92. The van der Waals surface area contributed by atoms with Crippen LogP contribution >= 0.6 is 0 Å². The Hall–Kier alpha value is -4.15. The molecule has 3 heterocycles. The molecule has 4 N–H and O–H groups in total. The van der Waals surface area contributed by atoms with E-state index in [2.05, 4.69) is 35.6 Å². The molecule has 0 atom stereocenters. The smallest absolute Gasteiger partial charge is 0.323 e. The second kappa shape index (κ2) is 7.84. The number of benzene rings is 1. The van der Waals surface area contributed by atoms with Gasteiger partial charge in [-0.15, -0.1) is 0 Å². The zero-order chi connectivity index (χ0) is 20.2. The molecule has 11 heteroatoms. The molecule has 11 nitrogen and oxygen atoms in total. The van der Waals surface area contributed by atoms with Crippen LogP contribution in [0.25, 0.3) is 11.0 Å². The highest BCUT2D eigenvalue weighted by Crippen LogP contribution is 2.19. The zero-order valence-electron chi connectivity index (χ0n) is 15.4. The second-order valence-corrected chi connectivity index (χ2v) is 5.92. The van der Waals surface area contributed by atoms with Crippen LogP contribution in [0.2, 0.25) is 0 Å². The Morgan fingerprint density at radius 3 is 2.59 bits per heavy atom. The molecular formula is C18H17N7O4. The normalized spacial score (nSPS) is 10.8. The number of anilines is 3. The Morgan fingerprint density at radius 1 is 1.03 bits per heavy atom. The third-order valence-electron chi connectivity index (χ3n) is 3.87. The number of furan rings is 1. The van der Waals surface area contributed by atoms with Gasteiger partial charge in [-0.05, 0) is 37.3 Å². The summed E-state index contributed by atoms with van der Waals surface area (Å²) in [4.78, 5) is 40.8. The molecule has 148 valence electrons. The topological polar surface area (TPSA) is 151 Å². The molecule has 4 rings (SSSR count). The predicted octanol–water partition coefficient (Wildman–Crippen LogP) is 1.75. The molecule has 0 bridgehead atoms. The van der Waals surface area contributed by atoms with Crippen LogP contribution in [0.15, 0.2) is 50.6 Å². The lowest BCUT2D eigenvalue weighted by Crippen LogP contribution is -2.28. The summed E-state index contributed by atoms with van der Waals surface area (Å²) >= 11 is 0. The number of nitrogens with one attached hydrogen (secondary N) is 4. The Labute approximate surface area is 163 Å². The molecule has 3 aromatic heterocycles. The van der Waals surface area contributed by atoms with Crippen molar-refractivity contribution in [1.29, 1.82) is 0 Å². The maximum absolute atomic E-state index is 11.5. The zero-order valence-corrected chi connectivity index (χ0v) is 15.4. The number of hydrogen-bond donors (Lipinski definition) is 4. The van der Waals surface area contributed by atoms with Gasteiger partial charge in [-0.1, -0.05) is 0 Å². The quantitative estimate of drug-likeness (QED) is 0.343. The molecule has 0 saturated heterocycles. The predicted molar refractivity (Wildman–Crippen MR) is 106 cm³/mol. The average molecular weight is 395 g/mol. The minimum absolute atomic E-state index is 0.158. The van der Waals surface area contributed by atoms with Crippen molar-refractivity contribution in [3.63, 3.8) is 0 Å². The van der Waals surface area contributed by atoms with Crippen molar-refractivity contribution < 1.29 is 9.15 Å². The minimum atomic E-state index is -0.724. The Bertz CT molecular complexity index is 1250. The largest absolute Gasteiger partial charge is 0.467 e. The van der Waals surface area contributed by atoms with E-state index in [9.17, 15) is 9.59 Å². The summed E-state index contributed by atoms with van der Waals surface area (Å²) in [5.74, 6) is 1.28. The van der Waals surface area contributed by atoms with Gasteiger partial charge in [0.15, 0.2) is 0 Å². The molecule has 0 aliphatic carbocycles. The summed E-state index contributed by atoms with van der Waals surface area (Å²) in [5, 5.41) is 6.09. The lowest BCUT2D eigenvalue weighted by molar-refractivity contribution is 0.312. The molecule has 0 aliphatic rings. The maximum atomic E-state index is 11.5. The van der Waals surface area contributed by atoms with Crippen LogP contribution in [0.5, 0.6) is 6.01 Å². The van der Waals surface area contributed by atoms with Crippen LogP contribution < -0.4 is 26.5 Å². The SMILES string of the molecule is CCOc1nc(NCc2ccco2)nc(Nc2ccc3[nH]c(=O)c(=O)[nH]c3c2)n1. The van der Waals surface area contributed by atoms with Gasteiger partial charge < -0.3 is 29.8 Å². The lowest BCUT2D eigenvalue weighted by Gasteiger charge is -2.10. The summed E-state index contributed by atoms with van der Waals surface area (Å²) in [5.41, 5.74) is 0.148. The van der Waals surface area contributed by atoms with Crippen LogP contribution in [0.1, 0.15) is 12.7 Å². The third kappa shape index (κ3) is 4.24. The lowest BCUT2D eigenvalue weighted by atomic mass is 10.2. The van der Waals surface area contributed by atoms with Crippen molar-refractivity contribution in [2.75, 3.05) is 17.2 Å². The van der Waals surface area contributed by atoms with Crippen LogP contribution in [-0.4, -0.2) is 31.5 Å². The van der Waals surface area contributed by atoms with E-state index in [0.29, 0.717) is 35.8 Å². The van der Waals surface area contributed by atoms with Gasteiger partial charge in [-0.3, -0.25) is 9.59 Å². The first-order chi connectivity index (χ1) is 14.1. The number of ether oxygens (including phenoxy) is 1. The van der Waals surface area contributed by atoms with E-state index in [1.165, 1.54) is 0 Å². The van der Waals surface area contributed by atoms with Crippen molar-refractivity contribution in [3.05, 3.63) is 63.1 Å². The summed E-state index contributed by atoms with van der Waals surface area (Å²) in [6.45, 7) is 2.62. The van der Waals surface area contributed by atoms with Gasteiger partial charge in [-0.2, -0.15) is 15.0 Å². The first-order valence-electron chi connectivity index (χ1n) is 8.79. The van der Waals surface area contributed by atoms with Gasteiger partial charge in [0.25, 0.3) is 0 Å². The third-order valence-corrected chi connectivity index (χ3v) is 3.87. The van der Waals surface area contributed by atoms with Gasteiger partial charge in [0.1, 0.15) is 5.76 Å². The molecule has 0 spiro atoms. The van der Waals surface area contributed by atoms with Crippen molar-refractivity contribution in [2.24, 2.45) is 0 Å². The molecule has 0 radical (unpaired) electrons. The van der Waals surface area contributed by atoms with Gasteiger partial charge >= 0.3 is 17.1 Å². The summed E-state index contributed by atoms with van der Waals surface area (Å²) in [7, 11) is 0. The monoisotopic (exact) mass is 395 g/mol. The number of aromatic amines is 2. The molecule has 4 aromatic rings. The molecule has 0 amide bonds. The summed E-state index contributed by atoms with van der Waals surface area (Å²) < 4.78 is 10.7. The Balaban J connectivity index is 1.61. The molecule has 29 heavy (non-hydrogen) atoms. The fourth-order valence-electron chi connectivity index (χ4n) is 2.59. The number of H-pyrrole nitrogens is 2. The van der Waals surface area contributed by atoms with Crippen LogP contribution in [0, 0.1) is 0 Å². The number of nitrogens with zero attached hydrogens (tertiary/aromatic N) is 3. The van der Waals surface area contributed by atoms with Gasteiger partial charge in [0.05, 0.1) is 30.4 Å². The Kier molecular flexibility index (Phi) is 4.93. The minimum Gasteiger partial charge on any atom is -0.467 e. The number of rotatable bonds is 7. The van der Waals surface area contributed by atoms with E-state index in [4.69, 9.17) is 9.15 Å². The number of aromatic nitrogens is 5. The highest BCUT2D eigenvalue weighted by Gasteiger charge is 2.09. The van der Waals surface area contributed by atoms with Gasteiger partial charge in [-0.25, -0.2) is 0 Å². The van der Waals surface area contributed by atoms with E-state index >= 15 is 0 Å². The van der Waals surface area contributed by atoms with Crippen LogP contribution in [0.3, 0.4) is 0 Å². The summed E-state index contributed by atoms with van der Waals surface area (Å²) in [6, 6.07) is 8.82. The van der Waals surface area contributed by atoms with Crippen molar-refractivity contribution in [3.8, 4) is 6.01 Å². The van der Waals surface area contributed by atoms with Gasteiger partial charge in [0, 0.05) is 5.69 Å². The summed E-state index contributed by atoms with van der Waals surface area (Å²) in [6.07, 6.45) is 1.58. The molecular weight excluding hydrogens is 378 g/mol. The van der Waals surface area contributed by atoms with E-state index in [0.717, 1.165) is 5.76 Å². The molecule has 0 unspecified atom stereocenters. The molecule has 0 aliphatic heterocycles. The molecule has 1 aromatic carbocycles. The van der Waals surface area contributed by atoms with Crippen molar-refractivity contribution >= 4 is 28.6 Å². The highest BCUT2D eigenvalue weighted by atomic mass is 16.5. The van der Waals surface area contributed by atoms with Crippen LogP contribution in [0.4, 0.5) is 17.6 Å². The average Bonchev–Trinajstić information content (AvgIpc) is 3.21. The van der Waals surface area contributed by atoms with E-state index in [-0.39, 0.29) is 12.0 Å². The van der Waals surface area contributed by atoms with E-state index < -0.39 is 11.1 Å². The number of fused-ring (bicyclic) bond motifs is 1. The fourth-order valence-corrected chi connectivity index (χ4v) is 2.59. The van der Waals surface area contributed by atoms with Crippen molar-refractivity contribution in [1.82, 2.24) is 24.9 Å². The highest BCUT2D eigenvalue weighted by molar-refractivity contribution is 5.79. The first-order valence-corrected chi connectivity index (χ1v) is 8.79. The Morgan fingerprint density at radius 2 is 1.83 bits per heavy atom. The number of hydrogen-bond acceptors (Lipinski definition) is 9. The van der Waals surface area contributed by atoms with E-state index in [1.807, 2.05) is 13.0 Å². The standard InChI is InChI=1S/C18H17N7O4/c1-2-28-18-24-16(19-9-11-4-3-7-29-11)23-17(25-18)20-10-5-6-12-13(8-10)22-15(27)14(26)21-12/h3-8H,2,9H2,1H3,(H,21,26)(H,22,27)(H2,19,20,23,24,25).